The van der Waals surface area contributed by atoms with Gasteiger partial charge in [-0.25, -0.2) is 4.98 Å². The smallest absolute Gasteiger partial charge is 0.416 e. The highest BCUT2D eigenvalue weighted by atomic mass is 19.4. The third-order valence-electron chi connectivity index (χ3n) is 2.85. The molecule has 0 amide bonds. The first-order chi connectivity index (χ1) is 11.5. The highest BCUT2D eigenvalue weighted by Gasteiger charge is 2.30. The summed E-state index contributed by atoms with van der Waals surface area (Å²) in [5.41, 5.74) is -0.597. The number of alkyl halides is 3. The van der Waals surface area contributed by atoms with Crippen molar-refractivity contribution in [3.63, 3.8) is 0 Å². The van der Waals surface area contributed by atoms with Gasteiger partial charge in [0.2, 0.25) is 5.88 Å². The lowest BCUT2D eigenvalue weighted by molar-refractivity contribution is -0.137. The lowest BCUT2D eigenvalue weighted by atomic mass is 10.2. The zero-order valence-electron chi connectivity index (χ0n) is 11.8. The fraction of sp³-hybridized carbons (Fsp3) is 0.0667. The van der Waals surface area contributed by atoms with Gasteiger partial charge in [-0.3, -0.25) is 0 Å². The Morgan fingerprint density at radius 2 is 1.88 bits per heavy atom. The van der Waals surface area contributed by atoms with E-state index in [1.807, 2.05) is 0 Å². The molecule has 1 aromatic carbocycles. The van der Waals surface area contributed by atoms with Crippen molar-refractivity contribution in [2.24, 2.45) is 0 Å². The molecule has 0 aliphatic heterocycles. The third kappa shape index (κ3) is 3.33. The topological polar surface area (TPSA) is 84.8 Å². The minimum absolute atomic E-state index is 0.000965. The van der Waals surface area contributed by atoms with Crippen LogP contribution in [-0.4, -0.2) is 15.2 Å². The van der Waals surface area contributed by atoms with Crippen molar-refractivity contribution < 1.29 is 22.3 Å². The number of benzene rings is 1. The lowest BCUT2D eigenvalue weighted by Gasteiger charge is -2.09. The first-order valence-electron chi connectivity index (χ1n) is 6.52. The molecule has 0 spiro atoms. The summed E-state index contributed by atoms with van der Waals surface area (Å²) in [4.78, 5) is 4.07. The molecule has 2 aromatic heterocycles. The van der Waals surface area contributed by atoms with E-state index in [1.54, 1.807) is 12.1 Å². The molecule has 9 heteroatoms. The molecular formula is C15H7F3N4O2. The van der Waals surface area contributed by atoms with Crippen LogP contribution in [0.3, 0.4) is 0 Å². The van der Waals surface area contributed by atoms with Crippen LogP contribution < -0.4 is 4.74 Å². The average Bonchev–Trinajstić information content (AvgIpc) is 3.04. The Labute approximate surface area is 133 Å². The van der Waals surface area contributed by atoms with Crippen molar-refractivity contribution in [1.82, 2.24) is 15.2 Å². The maximum absolute atomic E-state index is 12.7. The fourth-order valence-corrected chi connectivity index (χ4v) is 1.82. The van der Waals surface area contributed by atoms with Crippen LogP contribution in [0.1, 0.15) is 11.5 Å². The average molecular weight is 332 g/mol. The van der Waals surface area contributed by atoms with Gasteiger partial charge in [0.1, 0.15) is 11.4 Å². The number of rotatable bonds is 3. The molecule has 0 fully saturated rings. The molecule has 2 heterocycles. The van der Waals surface area contributed by atoms with Gasteiger partial charge in [0, 0.05) is 6.07 Å². The van der Waals surface area contributed by atoms with Crippen LogP contribution in [-0.2, 0) is 6.18 Å². The van der Waals surface area contributed by atoms with Crippen molar-refractivity contribution in [2.45, 2.75) is 6.18 Å². The predicted octanol–water partition coefficient (Wildman–Crippen LogP) is 3.81. The second-order valence-electron chi connectivity index (χ2n) is 4.51. The summed E-state index contributed by atoms with van der Waals surface area (Å²) in [6, 6.07) is 10.7. The normalized spacial score (nSPS) is 11.1. The molecule has 24 heavy (non-hydrogen) atoms. The van der Waals surface area contributed by atoms with Crippen molar-refractivity contribution in [1.29, 1.82) is 5.26 Å². The van der Waals surface area contributed by atoms with E-state index in [0.29, 0.717) is 0 Å². The van der Waals surface area contributed by atoms with Crippen molar-refractivity contribution >= 4 is 0 Å². The van der Waals surface area contributed by atoms with E-state index in [1.165, 1.54) is 24.3 Å². The van der Waals surface area contributed by atoms with Gasteiger partial charge < -0.3 is 9.15 Å². The Morgan fingerprint density at radius 3 is 2.58 bits per heavy atom. The van der Waals surface area contributed by atoms with Crippen LogP contribution in [0.2, 0.25) is 0 Å². The number of halogens is 3. The van der Waals surface area contributed by atoms with Crippen LogP contribution in [0.4, 0.5) is 13.2 Å². The zero-order chi connectivity index (χ0) is 17.2. The SMILES string of the molecule is N#Cc1nnc(-c2cccc(Oc3cccc(C(F)(F)F)c3)n2)o1. The highest BCUT2D eigenvalue weighted by molar-refractivity contribution is 5.48. The minimum Gasteiger partial charge on any atom is -0.439 e. The van der Waals surface area contributed by atoms with E-state index in [2.05, 4.69) is 15.2 Å². The van der Waals surface area contributed by atoms with Crippen LogP contribution in [0.15, 0.2) is 46.9 Å². The van der Waals surface area contributed by atoms with Crippen molar-refractivity contribution in [3.8, 4) is 29.3 Å². The molecule has 0 aliphatic carbocycles. The van der Waals surface area contributed by atoms with Gasteiger partial charge in [-0.15, -0.1) is 5.10 Å². The minimum atomic E-state index is -4.47. The van der Waals surface area contributed by atoms with Gasteiger partial charge in [0.25, 0.3) is 5.89 Å². The monoisotopic (exact) mass is 332 g/mol. The maximum atomic E-state index is 12.7. The van der Waals surface area contributed by atoms with Crippen LogP contribution >= 0.6 is 0 Å². The van der Waals surface area contributed by atoms with Crippen LogP contribution in [0.5, 0.6) is 11.6 Å². The first kappa shape index (κ1) is 15.5. The second kappa shape index (κ2) is 6.00. The Bertz CT molecular complexity index is 915. The van der Waals surface area contributed by atoms with Crippen LogP contribution in [0, 0.1) is 11.3 Å². The zero-order valence-corrected chi connectivity index (χ0v) is 11.8. The molecule has 0 unspecified atom stereocenters. The molecule has 0 radical (unpaired) electrons. The number of pyridine rings is 1. The lowest BCUT2D eigenvalue weighted by Crippen LogP contribution is -2.04. The summed E-state index contributed by atoms with van der Waals surface area (Å²) < 4.78 is 48.5. The number of ether oxygens (including phenoxy) is 1. The molecule has 3 aromatic rings. The molecule has 0 saturated heterocycles. The van der Waals surface area contributed by atoms with E-state index in [-0.39, 0.29) is 29.1 Å². The van der Waals surface area contributed by atoms with Gasteiger partial charge in [0.15, 0.2) is 6.07 Å². The first-order valence-corrected chi connectivity index (χ1v) is 6.52. The summed E-state index contributed by atoms with van der Waals surface area (Å²) in [7, 11) is 0. The van der Waals surface area contributed by atoms with E-state index in [9.17, 15) is 13.2 Å². The Hall–Kier alpha value is -3.41. The summed E-state index contributed by atoms with van der Waals surface area (Å²) in [6.07, 6.45) is -4.47. The summed E-state index contributed by atoms with van der Waals surface area (Å²) in [5.74, 6) is -0.196. The molecule has 0 aliphatic rings. The molecule has 0 bridgehead atoms. The fourth-order valence-electron chi connectivity index (χ4n) is 1.82. The maximum Gasteiger partial charge on any atom is 0.416 e. The van der Waals surface area contributed by atoms with E-state index in [4.69, 9.17) is 14.4 Å². The van der Waals surface area contributed by atoms with Gasteiger partial charge in [-0.1, -0.05) is 17.2 Å². The highest BCUT2D eigenvalue weighted by Crippen LogP contribution is 2.32. The van der Waals surface area contributed by atoms with Gasteiger partial charge in [-0.2, -0.15) is 18.4 Å². The second-order valence-corrected chi connectivity index (χ2v) is 4.51. The number of nitrogens with zero attached hydrogens (tertiary/aromatic N) is 4. The number of hydrogen-bond acceptors (Lipinski definition) is 6. The van der Waals surface area contributed by atoms with E-state index < -0.39 is 11.7 Å². The van der Waals surface area contributed by atoms with Crippen molar-refractivity contribution in [3.05, 3.63) is 53.9 Å². The molecule has 0 saturated carbocycles. The number of nitriles is 1. The number of aromatic nitrogens is 3. The molecule has 0 N–H and O–H groups in total. The molecule has 3 rings (SSSR count). The van der Waals surface area contributed by atoms with Gasteiger partial charge in [0.05, 0.1) is 5.56 Å². The molecule has 0 atom stereocenters. The Kier molecular flexibility index (Phi) is 3.87. The molecular weight excluding hydrogens is 325 g/mol. The summed E-state index contributed by atoms with van der Waals surface area (Å²) in [5, 5.41) is 15.8. The van der Waals surface area contributed by atoms with Crippen LogP contribution in [0.25, 0.3) is 11.6 Å². The number of hydrogen-bond donors (Lipinski definition) is 0. The summed E-state index contributed by atoms with van der Waals surface area (Å²) >= 11 is 0. The van der Waals surface area contributed by atoms with Crippen molar-refractivity contribution in [2.75, 3.05) is 0 Å². The van der Waals surface area contributed by atoms with E-state index in [0.717, 1.165) is 12.1 Å². The molecule has 120 valence electrons. The standard InChI is InChI=1S/C15H7F3N4O2/c16-15(17,18)9-3-1-4-10(7-9)23-12-6-2-5-11(20-12)14-22-21-13(8-19)24-14/h1-7H. The quantitative estimate of drug-likeness (QED) is 0.725. The molecule has 6 nitrogen and oxygen atoms in total. The third-order valence-corrected chi connectivity index (χ3v) is 2.85. The Morgan fingerprint density at radius 1 is 1.08 bits per heavy atom. The largest absolute Gasteiger partial charge is 0.439 e. The van der Waals surface area contributed by atoms with Gasteiger partial charge in [-0.05, 0) is 24.3 Å². The predicted molar refractivity (Wildman–Crippen MR) is 73.8 cm³/mol. The summed E-state index contributed by atoms with van der Waals surface area (Å²) in [6.45, 7) is 0. The Balaban J connectivity index is 1.86. The van der Waals surface area contributed by atoms with Gasteiger partial charge >= 0.3 is 12.1 Å². The van der Waals surface area contributed by atoms with E-state index >= 15 is 0 Å².